The Morgan fingerprint density at radius 2 is 1.75 bits per heavy atom. The van der Waals surface area contributed by atoms with Gasteiger partial charge in [-0.1, -0.05) is 55.8 Å². The van der Waals surface area contributed by atoms with E-state index in [1.165, 1.54) is 5.56 Å². The van der Waals surface area contributed by atoms with Gasteiger partial charge in [-0.15, -0.1) is 0 Å². The van der Waals surface area contributed by atoms with Crippen LogP contribution in [0, 0.1) is 11.8 Å². The first kappa shape index (κ1) is 24.5. The van der Waals surface area contributed by atoms with Crippen LogP contribution < -0.4 is 16.0 Å². The fraction of sp³-hybridized carbons (Fsp3) is 0.440. The molecule has 3 rings (SSSR count). The Morgan fingerprint density at radius 1 is 1.09 bits per heavy atom. The van der Waals surface area contributed by atoms with Crippen LogP contribution >= 0.6 is 23.8 Å². The van der Waals surface area contributed by atoms with E-state index in [1.54, 1.807) is 0 Å². The third-order valence-corrected chi connectivity index (χ3v) is 6.33. The predicted octanol–water partition coefficient (Wildman–Crippen LogP) is 4.68. The van der Waals surface area contributed by atoms with Crippen molar-refractivity contribution in [2.45, 2.75) is 39.3 Å². The summed E-state index contributed by atoms with van der Waals surface area (Å²) in [5.41, 5.74) is 2.19. The number of thiocarbonyl (C=S) groups is 1. The summed E-state index contributed by atoms with van der Waals surface area (Å²) in [5.74, 6) is 0.621. The highest BCUT2D eigenvalue weighted by molar-refractivity contribution is 7.80. The van der Waals surface area contributed by atoms with Crippen LogP contribution in [-0.2, 0) is 11.3 Å². The van der Waals surface area contributed by atoms with Gasteiger partial charge < -0.3 is 16.0 Å². The summed E-state index contributed by atoms with van der Waals surface area (Å²) in [6.45, 7) is 7.79. The van der Waals surface area contributed by atoms with Crippen molar-refractivity contribution in [2.75, 3.05) is 25.0 Å². The van der Waals surface area contributed by atoms with Crippen molar-refractivity contribution in [3.05, 3.63) is 65.2 Å². The van der Waals surface area contributed by atoms with Gasteiger partial charge in [0.15, 0.2) is 5.11 Å². The molecule has 172 valence electrons. The number of halogens is 1. The van der Waals surface area contributed by atoms with Gasteiger partial charge in [0.2, 0.25) is 5.91 Å². The molecule has 0 saturated carbocycles. The summed E-state index contributed by atoms with van der Waals surface area (Å²) in [4.78, 5) is 15.3. The maximum Gasteiger partial charge on any atom is 0.242 e. The summed E-state index contributed by atoms with van der Waals surface area (Å²) < 4.78 is 0. The molecule has 2 aromatic rings. The fourth-order valence-corrected chi connectivity index (χ4v) is 4.29. The highest BCUT2D eigenvalue weighted by Crippen LogP contribution is 2.19. The molecular weight excluding hydrogens is 440 g/mol. The van der Waals surface area contributed by atoms with E-state index in [1.807, 2.05) is 56.3 Å². The minimum Gasteiger partial charge on any atom is -0.354 e. The number of hydrogen-bond acceptors (Lipinski definition) is 3. The Balaban J connectivity index is 1.41. The maximum absolute atomic E-state index is 12.9. The molecule has 0 spiro atoms. The Bertz CT molecular complexity index is 867. The third kappa shape index (κ3) is 7.76. The first-order valence-electron chi connectivity index (χ1n) is 11.3. The molecule has 32 heavy (non-hydrogen) atoms. The molecule has 0 aromatic heterocycles. The SMILES string of the molecule is CC(C)[C@H](NC(=S)Nc1ccccc1)C(=O)NCC1CCN(Cc2ccc(Cl)cc2)CC1. The van der Waals surface area contributed by atoms with Crippen molar-refractivity contribution < 1.29 is 4.79 Å². The molecular formula is C25H33ClN4OS. The zero-order chi connectivity index (χ0) is 22.9. The molecule has 0 aliphatic carbocycles. The number of benzene rings is 2. The van der Waals surface area contributed by atoms with Crippen molar-refractivity contribution in [2.24, 2.45) is 11.8 Å². The van der Waals surface area contributed by atoms with Gasteiger partial charge in [0, 0.05) is 23.8 Å². The normalized spacial score (nSPS) is 15.9. The third-order valence-electron chi connectivity index (χ3n) is 5.86. The van der Waals surface area contributed by atoms with Crippen LogP contribution in [0.25, 0.3) is 0 Å². The number of rotatable bonds is 8. The molecule has 1 aliphatic heterocycles. The van der Waals surface area contributed by atoms with Crippen molar-refractivity contribution in [3.63, 3.8) is 0 Å². The first-order valence-corrected chi connectivity index (χ1v) is 12.1. The number of amides is 1. The van der Waals surface area contributed by atoms with Crippen molar-refractivity contribution >= 4 is 40.5 Å². The zero-order valence-corrected chi connectivity index (χ0v) is 20.4. The predicted molar refractivity (Wildman–Crippen MR) is 137 cm³/mol. The summed E-state index contributed by atoms with van der Waals surface area (Å²) in [6.07, 6.45) is 2.17. The van der Waals surface area contributed by atoms with Crippen LogP contribution in [0.1, 0.15) is 32.3 Å². The second-order valence-electron chi connectivity index (χ2n) is 8.78. The second kappa shape index (κ2) is 12.2. The van der Waals surface area contributed by atoms with Gasteiger partial charge in [-0.25, -0.2) is 0 Å². The van der Waals surface area contributed by atoms with Gasteiger partial charge in [-0.2, -0.15) is 0 Å². The number of piperidine rings is 1. The van der Waals surface area contributed by atoms with Crippen molar-refractivity contribution in [3.8, 4) is 0 Å². The number of carbonyl (C=O) groups is 1. The lowest BCUT2D eigenvalue weighted by Gasteiger charge is -2.32. The lowest BCUT2D eigenvalue weighted by molar-refractivity contribution is -0.124. The van der Waals surface area contributed by atoms with Gasteiger partial charge in [0.25, 0.3) is 0 Å². The molecule has 2 aromatic carbocycles. The molecule has 1 atom stereocenters. The molecule has 1 saturated heterocycles. The van der Waals surface area contributed by atoms with E-state index >= 15 is 0 Å². The summed E-state index contributed by atoms with van der Waals surface area (Å²) >= 11 is 11.4. The van der Waals surface area contributed by atoms with Gasteiger partial charge in [-0.3, -0.25) is 9.69 Å². The molecule has 1 fully saturated rings. The van der Waals surface area contributed by atoms with Crippen LogP contribution in [0.15, 0.2) is 54.6 Å². The number of likely N-dealkylation sites (tertiary alicyclic amines) is 1. The number of nitrogens with one attached hydrogen (secondary N) is 3. The minimum atomic E-state index is -0.372. The summed E-state index contributed by atoms with van der Waals surface area (Å²) in [7, 11) is 0. The molecule has 5 nitrogen and oxygen atoms in total. The molecule has 1 heterocycles. The minimum absolute atomic E-state index is 0.000746. The quantitative estimate of drug-likeness (QED) is 0.487. The van der Waals surface area contributed by atoms with E-state index in [-0.39, 0.29) is 17.9 Å². The van der Waals surface area contributed by atoms with E-state index in [0.717, 1.165) is 43.2 Å². The molecule has 7 heteroatoms. The maximum atomic E-state index is 12.9. The standard InChI is InChI=1S/C25H33ClN4OS/c1-18(2)23(29-25(32)28-22-6-4-3-5-7-22)24(31)27-16-19-12-14-30(15-13-19)17-20-8-10-21(26)11-9-20/h3-11,18-19,23H,12-17H2,1-2H3,(H,27,31)(H2,28,29,32)/t23-/m0/s1. The smallest absolute Gasteiger partial charge is 0.242 e. The molecule has 0 unspecified atom stereocenters. The molecule has 0 radical (unpaired) electrons. The van der Waals surface area contributed by atoms with Gasteiger partial charge in [-0.05, 0) is 79.8 Å². The van der Waals surface area contributed by atoms with E-state index in [2.05, 4.69) is 33.0 Å². The molecule has 3 N–H and O–H groups in total. The Kier molecular flexibility index (Phi) is 9.33. The Labute approximate surface area is 201 Å². The first-order chi connectivity index (χ1) is 15.4. The van der Waals surface area contributed by atoms with Crippen LogP contribution in [0.5, 0.6) is 0 Å². The van der Waals surface area contributed by atoms with Crippen LogP contribution in [0.4, 0.5) is 5.69 Å². The van der Waals surface area contributed by atoms with Crippen LogP contribution in [0.3, 0.4) is 0 Å². The largest absolute Gasteiger partial charge is 0.354 e. The zero-order valence-electron chi connectivity index (χ0n) is 18.8. The van der Waals surface area contributed by atoms with E-state index < -0.39 is 0 Å². The van der Waals surface area contributed by atoms with E-state index in [9.17, 15) is 4.79 Å². The van der Waals surface area contributed by atoms with Gasteiger partial charge in [0.05, 0.1) is 0 Å². The monoisotopic (exact) mass is 472 g/mol. The van der Waals surface area contributed by atoms with Crippen LogP contribution in [0.2, 0.25) is 5.02 Å². The molecule has 1 aliphatic rings. The second-order valence-corrected chi connectivity index (χ2v) is 9.62. The fourth-order valence-electron chi connectivity index (χ4n) is 3.92. The van der Waals surface area contributed by atoms with Crippen molar-refractivity contribution in [1.82, 2.24) is 15.5 Å². The van der Waals surface area contributed by atoms with Gasteiger partial charge in [0.1, 0.15) is 6.04 Å². The summed E-state index contributed by atoms with van der Waals surface area (Å²) in [6, 6.07) is 17.4. The lowest BCUT2D eigenvalue weighted by Crippen LogP contribution is -2.52. The van der Waals surface area contributed by atoms with Crippen molar-refractivity contribution in [1.29, 1.82) is 0 Å². The highest BCUT2D eigenvalue weighted by Gasteiger charge is 2.25. The topological polar surface area (TPSA) is 56.4 Å². The molecule has 0 bridgehead atoms. The average molecular weight is 473 g/mol. The number of para-hydroxylation sites is 1. The van der Waals surface area contributed by atoms with E-state index in [0.29, 0.717) is 17.6 Å². The number of nitrogens with zero attached hydrogens (tertiary/aromatic N) is 1. The molecule has 1 amide bonds. The number of carbonyl (C=O) groups excluding carboxylic acids is 1. The lowest BCUT2D eigenvalue weighted by atomic mass is 9.96. The average Bonchev–Trinajstić information content (AvgIpc) is 2.79. The Hall–Kier alpha value is -2.15. The Morgan fingerprint density at radius 3 is 2.38 bits per heavy atom. The van der Waals surface area contributed by atoms with Gasteiger partial charge >= 0.3 is 0 Å². The van der Waals surface area contributed by atoms with E-state index in [4.69, 9.17) is 23.8 Å². The van der Waals surface area contributed by atoms with Crippen LogP contribution in [-0.4, -0.2) is 41.6 Å². The summed E-state index contributed by atoms with van der Waals surface area (Å²) in [5, 5.41) is 10.7. The number of anilines is 1. The number of hydrogen-bond donors (Lipinski definition) is 3. The highest BCUT2D eigenvalue weighted by atomic mass is 35.5.